The van der Waals surface area contributed by atoms with Crippen molar-refractivity contribution in [1.29, 1.82) is 0 Å². The van der Waals surface area contributed by atoms with Crippen molar-refractivity contribution in [3.63, 3.8) is 0 Å². The van der Waals surface area contributed by atoms with Crippen LogP contribution in [0.3, 0.4) is 0 Å². The number of halogens is 6. The highest BCUT2D eigenvalue weighted by atomic mass is 28.3. The molecule has 1 N–H and O–H groups in total. The van der Waals surface area contributed by atoms with Crippen molar-refractivity contribution in [2.45, 2.75) is 50.4 Å². The zero-order valence-electron chi connectivity index (χ0n) is 24.3. The zero-order valence-corrected chi connectivity index (χ0v) is 25.3. The van der Waals surface area contributed by atoms with Gasteiger partial charge in [0, 0.05) is 14.5 Å². The van der Waals surface area contributed by atoms with Crippen molar-refractivity contribution >= 4 is 20.1 Å². The molecule has 238 valence electrons. The minimum atomic E-state index is -5.05. The van der Waals surface area contributed by atoms with E-state index >= 15 is 0 Å². The summed E-state index contributed by atoms with van der Waals surface area (Å²) in [5.41, 5.74) is -1.12. The first-order chi connectivity index (χ1) is 20.4. The Morgan fingerprint density at radius 2 is 1.27 bits per heavy atom. The Bertz CT molecular complexity index is 1380. The Morgan fingerprint density at radius 1 is 0.773 bits per heavy atom. The molecule has 7 nitrogen and oxygen atoms in total. The van der Waals surface area contributed by atoms with Crippen LogP contribution in [0.5, 0.6) is 11.5 Å². The molecular weight excluding hydrogens is 612 g/mol. The number of benzene rings is 3. The van der Waals surface area contributed by atoms with Gasteiger partial charge < -0.3 is 24.3 Å². The predicted molar refractivity (Wildman–Crippen MR) is 151 cm³/mol. The molecule has 0 fully saturated rings. The molecule has 44 heavy (non-hydrogen) atoms. The number of alkyl halides is 6. The fourth-order valence-corrected chi connectivity index (χ4v) is 5.03. The molecule has 3 aromatic carbocycles. The first-order valence-corrected chi connectivity index (χ1v) is 16.9. The summed E-state index contributed by atoms with van der Waals surface area (Å²) in [5, 5.41) is 2.72. The lowest BCUT2D eigenvalue weighted by molar-refractivity contribution is -0.275. The Kier molecular flexibility index (Phi) is 10.6. The van der Waals surface area contributed by atoms with E-state index in [9.17, 15) is 35.9 Å². The maximum Gasteiger partial charge on any atom is 0.573 e. The van der Waals surface area contributed by atoms with E-state index in [0.717, 1.165) is 24.3 Å². The second kappa shape index (κ2) is 13.6. The van der Waals surface area contributed by atoms with Crippen LogP contribution < -0.4 is 14.8 Å². The van der Waals surface area contributed by atoms with Gasteiger partial charge in [-0.2, -0.15) is 0 Å². The third-order valence-corrected chi connectivity index (χ3v) is 8.07. The molecule has 3 aromatic rings. The fourth-order valence-electron chi connectivity index (χ4n) is 4.32. The summed E-state index contributed by atoms with van der Waals surface area (Å²) in [7, 11) is -0.440. The molecule has 3 rings (SSSR count). The standard InChI is InChI=1S/C30H31F6NO6Si/c1-40-26(38)21-13-11-20(12-14-21)19-28(37-27(39)41-15-16-44(2,3)4,22-7-5-9-24(17-22)42-29(31,32)33)23-8-6-10-25(18-23)43-30(34,35)36/h5-14,17-18H,15-16,19H2,1-4H3,(H,37,39). The van der Waals surface area contributed by atoms with E-state index in [1.54, 1.807) is 0 Å². The van der Waals surface area contributed by atoms with Gasteiger partial charge >= 0.3 is 24.8 Å². The van der Waals surface area contributed by atoms with Crippen molar-refractivity contribution in [3.05, 3.63) is 95.1 Å². The molecule has 0 aromatic heterocycles. The lowest BCUT2D eigenvalue weighted by atomic mass is 9.77. The third kappa shape index (κ3) is 10.2. The van der Waals surface area contributed by atoms with Crippen LogP contribution in [0.1, 0.15) is 27.0 Å². The van der Waals surface area contributed by atoms with Gasteiger partial charge in [-0.05, 0) is 59.1 Å². The number of carbonyl (C=O) groups excluding carboxylic acids is 2. The smallest absolute Gasteiger partial charge is 0.465 e. The maximum atomic E-state index is 13.3. The molecule has 0 radical (unpaired) electrons. The number of hydrogen-bond acceptors (Lipinski definition) is 6. The van der Waals surface area contributed by atoms with Crippen molar-refractivity contribution in [1.82, 2.24) is 5.32 Å². The average Bonchev–Trinajstić information content (AvgIpc) is 2.90. The summed E-state index contributed by atoms with van der Waals surface area (Å²) in [6, 6.07) is 15.9. The highest BCUT2D eigenvalue weighted by molar-refractivity contribution is 6.76. The lowest BCUT2D eigenvalue weighted by Gasteiger charge is -2.36. The van der Waals surface area contributed by atoms with Gasteiger partial charge in [0.15, 0.2) is 0 Å². The Hall–Kier alpha value is -4.20. The SMILES string of the molecule is COC(=O)c1ccc(CC(NC(=O)OCC[Si](C)(C)C)(c2cccc(OC(F)(F)F)c2)c2cccc(OC(F)(F)F)c2)cc1. The van der Waals surface area contributed by atoms with Crippen LogP contribution in [-0.4, -0.2) is 46.6 Å². The molecule has 0 heterocycles. The summed E-state index contributed by atoms with van der Waals surface area (Å²) in [6.07, 6.45) is -11.3. The van der Waals surface area contributed by atoms with Gasteiger partial charge in [-0.3, -0.25) is 0 Å². The van der Waals surface area contributed by atoms with E-state index in [-0.39, 0.29) is 29.7 Å². The van der Waals surface area contributed by atoms with Crippen LogP contribution in [-0.2, 0) is 21.4 Å². The van der Waals surface area contributed by atoms with Gasteiger partial charge in [0.05, 0.1) is 24.8 Å². The molecule has 0 aliphatic heterocycles. The minimum absolute atomic E-state index is 0.0302. The molecular formula is C30H31F6NO6Si. The van der Waals surface area contributed by atoms with Gasteiger partial charge in [0.2, 0.25) is 0 Å². The van der Waals surface area contributed by atoms with Crippen LogP contribution in [0.2, 0.25) is 25.7 Å². The summed E-state index contributed by atoms with van der Waals surface area (Å²) in [4.78, 5) is 25.3. The number of ether oxygens (including phenoxy) is 4. The Balaban J connectivity index is 2.22. The van der Waals surface area contributed by atoms with Crippen LogP contribution in [0.4, 0.5) is 31.1 Å². The van der Waals surface area contributed by atoms with E-state index in [2.05, 4.69) is 34.4 Å². The molecule has 0 atom stereocenters. The van der Waals surface area contributed by atoms with Crippen LogP contribution in [0, 0.1) is 0 Å². The van der Waals surface area contributed by atoms with E-state index < -0.39 is 49.9 Å². The van der Waals surface area contributed by atoms with Gasteiger partial charge in [-0.1, -0.05) is 56.0 Å². The second-order valence-electron chi connectivity index (χ2n) is 11.0. The lowest BCUT2D eigenvalue weighted by Crippen LogP contribution is -2.49. The molecule has 0 unspecified atom stereocenters. The van der Waals surface area contributed by atoms with Gasteiger partial charge in [-0.15, -0.1) is 26.3 Å². The molecule has 14 heteroatoms. The quantitative estimate of drug-likeness (QED) is 0.130. The van der Waals surface area contributed by atoms with E-state index in [1.807, 2.05) is 0 Å². The molecule has 0 saturated heterocycles. The van der Waals surface area contributed by atoms with Crippen LogP contribution in [0.15, 0.2) is 72.8 Å². The topological polar surface area (TPSA) is 83.1 Å². The zero-order chi connectivity index (χ0) is 32.8. The van der Waals surface area contributed by atoms with Gasteiger partial charge in [-0.25, -0.2) is 9.59 Å². The van der Waals surface area contributed by atoms with Crippen molar-refractivity contribution < 1.29 is 54.9 Å². The predicted octanol–water partition coefficient (Wildman–Crippen LogP) is 7.82. The molecule has 0 saturated carbocycles. The largest absolute Gasteiger partial charge is 0.573 e. The van der Waals surface area contributed by atoms with Crippen molar-refractivity contribution in [3.8, 4) is 11.5 Å². The summed E-state index contributed by atoms with van der Waals surface area (Å²) in [6.45, 7) is 6.23. The summed E-state index contributed by atoms with van der Waals surface area (Å²) >= 11 is 0. The molecule has 1 amide bonds. The highest BCUT2D eigenvalue weighted by Gasteiger charge is 2.40. The molecule has 0 aliphatic carbocycles. The number of nitrogens with one attached hydrogen (secondary N) is 1. The number of hydrogen-bond donors (Lipinski definition) is 1. The maximum absolute atomic E-state index is 13.3. The number of methoxy groups -OCH3 is 1. The first kappa shape index (κ1) is 34.3. The molecule has 0 bridgehead atoms. The number of rotatable bonds is 11. The monoisotopic (exact) mass is 643 g/mol. The molecule has 0 spiro atoms. The van der Waals surface area contributed by atoms with E-state index in [4.69, 9.17) is 9.47 Å². The highest BCUT2D eigenvalue weighted by Crippen LogP contribution is 2.38. The fraction of sp³-hybridized carbons (Fsp3) is 0.333. The van der Waals surface area contributed by atoms with Gasteiger partial charge in [0.25, 0.3) is 0 Å². The van der Waals surface area contributed by atoms with E-state index in [1.165, 1.54) is 55.6 Å². The number of amides is 1. The van der Waals surface area contributed by atoms with Crippen LogP contribution in [0.25, 0.3) is 0 Å². The van der Waals surface area contributed by atoms with Crippen LogP contribution >= 0.6 is 0 Å². The first-order valence-electron chi connectivity index (χ1n) is 13.2. The second-order valence-corrected chi connectivity index (χ2v) is 16.6. The third-order valence-electron chi connectivity index (χ3n) is 6.37. The van der Waals surface area contributed by atoms with Crippen molar-refractivity contribution in [2.24, 2.45) is 0 Å². The number of carbonyl (C=O) groups is 2. The number of esters is 1. The Morgan fingerprint density at radius 3 is 1.70 bits per heavy atom. The summed E-state index contributed by atoms with van der Waals surface area (Å²) < 4.78 is 97.3. The van der Waals surface area contributed by atoms with Gasteiger partial charge in [0.1, 0.15) is 11.5 Å². The molecule has 0 aliphatic rings. The number of alkyl carbamates (subject to hydrolysis) is 1. The van der Waals surface area contributed by atoms with E-state index in [0.29, 0.717) is 11.6 Å². The normalized spacial score (nSPS) is 12.3. The minimum Gasteiger partial charge on any atom is -0.465 e. The Labute approximate surface area is 251 Å². The van der Waals surface area contributed by atoms with Crippen molar-refractivity contribution in [2.75, 3.05) is 13.7 Å². The average molecular weight is 644 g/mol. The summed E-state index contributed by atoms with van der Waals surface area (Å²) in [5.74, 6) is -1.88.